The monoisotopic (exact) mass is 461 g/mol. The number of likely N-dealkylation sites (N-methyl/N-ethyl adjacent to an activating group) is 2. The van der Waals surface area contributed by atoms with E-state index >= 15 is 0 Å². The van der Waals surface area contributed by atoms with Gasteiger partial charge in [-0.3, -0.25) is 4.79 Å². The lowest BCUT2D eigenvalue weighted by Gasteiger charge is -2.11. The highest BCUT2D eigenvalue weighted by Crippen LogP contribution is 2.32. The molecule has 0 spiro atoms. The van der Waals surface area contributed by atoms with E-state index in [0.29, 0.717) is 35.1 Å². The Morgan fingerprint density at radius 2 is 2.06 bits per heavy atom. The van der Waals surface area contributed by atoms with Crippen LogP contribution in [0.1, 0.15) is 37.0 Å². The van der Waals surface area contributed by atoms with Crippen LogP contribution in [0.4, 0.5) is 0 Å². The lowest BCUT2D eigenvalue weighted by Crippen LogP contribution is -2.30. The Hall–Kier alpha value is -3.70. The molecule has 3 aromatic rings. The molecule has 0 atom stereocenters. The summed E-state index contributed by atoms with van der Waals surface area (Å²) in [6.07, 6.45) is 3.33. The normalized spacial score (nSPS) is 11.9. The first-order chi connectivity index (χ1) is 16.3. The predicted octanol–water partition coefficient (Wildman–Crippen LogP) is 3.85. The molecule has 1 aliphatic carbocycles. The van der Waals surface area contributed by atoms with E-state index in [9.17, 15) is 10.1 Å². The molecule has 1 amide bonds. The Kier molecular flexibility index (Phi) is 8.39. The smallest absolute Gasteiger partial charge is 0.258 e. The molecule has 2 aromatic carbocycles. The highest BCUT2D eigenvalue weighted by atomic mass is 16.5. The molecule has 0 fully saturated rings. The third-order valence-electron chi connectivity index (χ3n) is 5.35. The molecule has 1 N–H and O–H groups in total. The van der Waals surface area contributed by atoms with Gasteiger partial charge in [-0.05, 0) is 69.5 Å². The van der Waals surface area contributed by atoms with Crippen LogP contribution in [0, 0.1) is 11.3 Å². The molecule has 0 saturated carbocycles. The third kappa shape index (κ3) is 6.00. The third-order valence-corrected chi connectivity index (χ3v) is 5.35. The number of hydrogen-bond donors (Lipinski definition) is 1. The Morgan fingerprint density at radius 3 is 2.71 bits per heavy atom. The van der Waals surface area contributed by atoms with Gasteiger partial charge in [-0.15, -0.1) is 0 Å². The van der Waals surface area contributed by atoms with Gasteiger partial charge in [0.1, 0.15) is 11.8 Å². The van der Waals surface area contributed by atoms with Crippen molar-refractivity contribution in [3.05, 3.63) is 53.1 Å². The van der Waals surface area contributed by atoms with E-state index in [1.54, 1.807) is 38.2 Å². The van der Waals surface area contributed by atoms with E-state index in [4.69, 9.17) is 9.26 Å². The van der Waals surface area contributed by atoms with Gasteiger partial charge in [0.2, 0.25) is 11.7 Å². The van der Waals surface area contributed by atoms with Gasteiger partial charge in [0.25, 0.3) is 5.89 Å². The second-order valence-corrected chi connectivity index (χ2v) is 8.53. The maximum Gasteiger partial charge on any atom is 0.258 e. The van der Waals surface area contributed by atoms with Crippen molar-refractivity contribution in [3.63, 3.8) is 0 Å². The summed E-state index contributed by atoms with van der Waals surface area (Å²) in [6, 6.07) is 13.8. The lowest BCUT2D eigenvalue weighted by atomic mass is 10.0. The highest BCUT2D eigenvalue weighted by Gasteiger charge is 2.20. The van der Waals surface area contributed by atoms with Crippen LogP contribution < -0.4 is 10.1 Å². The summed E-state index contributed by atoms with van der Waals surface area (Å²) in [4.78, 5) is 16.7. The number of carbonyl (C=O) groups excluding carboxylic acids is 1. The van der Waals surface area contributed by atoms with Crippen LogP contribution in [0.25, 0.3) is 22.8 Å². The zero-order chi connectivity index (χ0) is 24.7. The number of nitrogens with zero attached hydrogens (tertiary/aromatic N) is 4. The van der Waals surface area contributed by atoms with Gasteiger partial charge in [-0.25, -0.2) is 0 Å². The molecule has 0 radical (unpaired) electrons. The van der Waals surface area contributed by atoms with Crippen LogP contribution in [0.5, 0.6) is 5.75 Å². The van der Waals surface area contributed by atoms with E-state index in [0.717, 1.165) is 18.4 Å². The van der Waals surface area contributed by atoms with E-state index in [1.165, 1.54) is 17.5 Å². The molecule has 1 aliphatic rings. The van der Waals surface area contributed by atoms with Crippen LogP contribution in [-0.2, 0) is 17.6 Å². The van der Waals surface area contributed by atoms with E-state index in [-0.39, 0.29) is 12.0 Å². The second kappa shape index (κ2) is 11.4. The quantitative estimate of drug-likeness (QED) is 0.595. The standard InChI is InChI=1S/C21H19N3O2.C5H12N2O/c1-13(2)25-19-10-9-15(11-16(19)12-22)21-23-20(24-26-21)18-8-4-6-14-5-3-7-17(14)18;1-6-4-5(8)7(2)3/h4,6,8-11,13H,3,5,7H2,1-2H3;6H,4H2,1-3H3. The number of aromatic nitrogens is 2. The van der Waals surface area contributed by atoms with Gasteiger partial charge < -0.3 is 19.5 Å². The molecule has 8 nitrogen and oxygen atoms in total. The Balaban J connectivity index is 0.000000350. The highest BCUT2D eigenvalue weighted by molar-refractivity contribution is 5.77. The number of aryl methyl sites for hydroxylation is 1. The molecule has 1 heterocycles. The fraction of sp³-hybridized carbons (Fsp3) is 0.385. The molecule has 34 heavy (non-hydrogen) atoms. The number of hydrogen-bond acceptors (Lipinski definition) is 7. The molecule has 0 bridgehead atoms. The molecule has 4 rings (SSSR count). The first-order valence-corrected chi connectivity index (χ1v) is 11.3. The number of ether oxygens (including phenoxy) is 1. The Bertz CT molecular complexity index is 1180. The fourth-order valence-electron chi connectivity index (χ4n) is 3.70. The van der Waals surface area contributed by atoms with E-state index < -0.39 is 0 Å². The Morgan fingerprint density at radius 1 is 1.26 bits per heavy atom. The maximum atomic E-state index is 10.6. The number of nitriles is 1. The summed E-state index contributed by atoms with van der Waals surface area (Å²) in [5, 5.41) is 16.3. The van der Waals surface area contributed by atoms with Gasteiger partial charge in [0.05, 0.1) is 18.2 Å². The summed E-state index contributed by atoms with van der Waals surface area (Å²) in [7, 11) is 5.22. The van der Waals surface area contributed by atoms with Gasteiger partial charge in [-0.2, -0.15) is 10.2 Å². The minimum atomic E-state index is 0.00290. The SMILES string of the molecule is CC(C)Oc1ccc(-c2nc(-c3cccc4c3CCC4)no2)cc1C#N.CNCC(=O)N(C)C. The zero-order valence-corrected chi connectivity index (χ0v) is 20.4. The van der Waals surface area contributed by atoms with Crippen molar-refractivity contribution in [3.8, 4) is 34.7 Å². The predicted molar refractivity (Wildman–Crippen MR) is 130 cm³/mol. The van der Waals surface area contributed by atoms with Gasteiger partial charge >= 0.3 is 0 Å². The summed E-state index contributed by atoms with van der Waals surface area (Å²) in [5.74, 6) is 1.67. The van der Waals surface area contributed by atoms with Crippen molar-refractivity contribution in [2.75, 3.05) is 27.7 Å². The average molecular weight is 462 g/mol. The van der Waals surface area contributed by atoms with Crippen LogP contribution in [0.2, 0.25) is 0 Å². The summed E-state index contributed by atoms with van der Waals surface area (Å²) in [5.41, 5.74) is 4.89. The molecule has 0 saturated heterocycles. The summed E-state index contributed by atoms with van der Waals surface area (Å²) in [6.45, 7) is 4.28. The number of amides is 1. The largest absolute Gasteiger partial charge is 0.490 e. The molecule has 178 valence electrons. The second-order valence-electron chi connectivity index (χ2n) is 8.53. The van der Waals surface area contributed by atoms with Crippen molar-refractivity contribution < 1.29 is 14.1 Å². The minimum absolute atomic E-state index is 0.00290. The average Bonchev–Trinajstić information content (AvgIpc) is 3.49. The van der Waals surface area contributed by atoms with Crippen molar-refractivity contribution in [2.45, 2.75) is 39.2 Å². The van der Waals surface area contributed by atoms with E-state index in [2.05, 4.69) is 27.6 Å². The number of carbonyl (C=O) groups is 1. The van der Waals surface area contributed by atoms with Crippen molar-refractivity contribution in [1.29, 1.82) is 5.26 Å². The molecular weight excluding hydrogens is 430 g/mol. The van der Waals surface area contributed by atoms with Crippen LogP contribution in [0.15, 0.2) is 40.9 Å². The molecule has 0 unspecified atom stereocenters. The summed E-state index contributed by atoms with van der Waals surface area (Å²) >= 11 is 0. The molecule has 0 aliphatic heterocycles. The lowest BCUT2D eigenvalue weighted by molar-refractivity contribution is -0.127. The number of rotatable bonds is 6. The van der Waals surface area contributed by atoms with Crippen LogP contribution in [-0.4, -0.2) is 54.7 Å². The van der Waals surface area contributed by atoms with Gasteiger partial charge in [0, 0.05) is 25.2 Å². The molecular formula is C26H31N5O3. The maximum absolute atomic E-state index is 10.6. The zero-order valence-electron chi connectivity index (χ0n) is 20.4. The van der Waals surface area contributed by atoms with Gasteiger partial charge in [-0.1, -0.05) is 23.4 Å². The van der Waals surface area contributed by atoms with Gasteiger partial charge in [0.15, 0.2) is 0 Å². The van der Waals surface area contributed by atoms with Crippen molar-refractivity contribution in [2.24, 2.45) is 0 Å². The van der Waals surface area contributed by atoms with Crippen LogP contribution >= 0.6 is 0 Å². The molecule has 8 heteroatoms. The first kappa shape index (κ1) is 24.9. The minimum Gasteiger partial charge on any atom is -0.490 e. The number of nitrogens with one attached hydrogen (secondary N) is 1. The first-order valence-electron chi connectivity index (χ1n) is 11.3. The summed E-state index contributed by atoms with van der Waals surface area (Å²) < 4.78 is 11.1. The van der Waals surface area contributed by atoms with E-state index in [1.807, 2.05) is 32.0 Å². The van der Waals surface area contributed by atoms with Crippen molar-refractivity contribution in [1.82, 2.24) is 20.4 Å². The fourth-order valence-corrected chi connectivity index (χ4v) is 3.70. The van der Waals surface area contributed by atoms with Crippen molar-refractivity contribution >= 4 is 5.91 Å². The topological polar surface area (TPSA) is 104 Å². The Labute approximate surface area is 200 Å². The number of fused-ring (bicyclic) bond motifs is 1. The number of benzene rings is 2. The van der Waals surface area contributed by atoms with Crippen LogP contribution in [0.3, 0.4) is 0 Å². The molecule has 1 aromatic heterocycles.